The third kappa shape index (κ3) is 4.17. The number of rotatable bonds is 6. The van der Waals surface area contributed by atoms with Gasteiger partial charge in [0.1, 0.15) is 6.61 Å². The number of nitrogens with zero attached hydrogens (tertiary/aromatic N) is 2. The van der Waals surface area contributed by atoms with Crippen molar-refractivity contribution in [2.75, 3.05) is 47.0 Å². The van der Waals surface area contributed by atoms with E-state index in [0.29, 0.717) is 6.61 Å². The van der Waals surface area contributed by atoms with Crippen molar-refractivity contribution in [1.82, 2.24) is 9.80 Å². The molecule has 2 fully saturated rings. The highest BCUT2D eigenvalue weighted by atomic mass is 32.1. The molecule has 0 unspecified atom stereocenters. The van der Waals surface area contributed by atoms with E-state index in [0.717, 1.165) is 45.5 Å². The SMILES string of the molecule is CN(C)C(=O)COC[C@@]12CCCO[C@@H]1CCN(Cc1ccsc1)C2. The highest BCUT2D eigenvalue weighted by Gasteiger charge is 2.46. The Morgan fingerprint density at radius 1 is 1.54 bits per heavy atom. The van der Waals surface area contributed by atoms with Crippen LogP contribution in [-0.2, 0) is 20.8 Å². The molecule has 0 N–H and O–H groups in total. The summed E-state index contributed by atoms with van der Waals surface area (Å²) in [5.41, 5.74) is 1.41. The molecule has 1 aromatic rings. The molecule has 1 amide bonds. The second-order valence-electron chi connectivity index (χ2n) is 7.24. The number of ether oxygens (including phenoxy) is 2. The number of hydrogen-bond acceptors (Lipinski definition) is 5. The molecule has 1 aromatic heterocycles. The van der Waals surface area contributed by atoms with Gasteiger partial charge < -0.3 is 14.4 Å². The fourth-order valence-electron chi connectivity index (χ4n) is 3.84. The molecule has 6 heteroatoms. The second kappa shape index (κ2) is 7.95. The lowest BCUT2D eigenvalue weighted by atomic mass is 9.73. The highest BCUT2D eigenvalue weighted by molar-refractivity contribution is 7.07. The van der Waals surface area contributed by atoms with Crippen molar-refractivity contribution in [2.45, 2.75) is 31.9 Å². The topological polar surface area (TPSA) is 42.0 Å². The maximum atomic E-state index is 11.8. The number of hydrogen-bond donors (Lipinski definition) is 0. The molecule has 0 radical (unpaired) electrons. The summed E-state index contributed by atoms with van der Waals surface area (Å²) in [6, 6.07) is 2.20. The average Bonchev–Trinajstić information content (AvgIpc) is 3.07. The number of likely N-dealkylation sites (N-methyl/N-ethyl adjacent to an activating group) is 1. The van der Waals surface area contributed by atoms with Crippen LogP contribution in [0.4, 0.5) is 0 Å². The Morgan fingerprint density at radius 3 is 3.17 bits per heavy atom. The lowest BCUT2D eigenvalue weighted by Crippen LogP contribution is -2.56. The Morgan fingerprint density at radius 2 is 2.42 bits per heavy atom. The van der Waals surface area contributed by atoms with E-state index in [1.165, 1.54) is 5.56 Å². The smallest absolute Gasteiger partial charge is 0.248 e. The zero-order valence-electron chi connectivity index (χ0n) is 14.7. The second-order valence-corrected chi connectivity index (χ2v) is 8.02. The predicted molar refractivity (Wildman–Crippen MR) is 95.1 cm³/mol. The molecule has 2 aliphatic rings. The summed E-state index contributed by atoms with van der Waals surface area (Å²) in [6.07, 6.45) is 3.51. The van der Waals surface area contributed by atoms with Crippen molar-refractivity contribution in [3.63, 3.8) is 0 Å². The molecule has 2 aliphatic heterocycles. The van der Waals surface area contributed by atoms with Crippen molar-refractivity contribution in [1.29, 1.82) is 0 Å². The molecule has 3 rings (SSSR count). The summed E-state index contributed by atoms with van der Waals surface area (Å²) in [5.74, 6) is 0.0191. The monoisotopic (exact) mass is 352 g/mol. The molecule has 5 nitrogen and oxygen atoms in total. The largest absolute Gasteiger partial charge is 0.377 e. The minimum absolute atomic E-state index is 0.0191. The van der Waals surface area contributed by atoms with Gasteiger partial charge in [-0.15, -0.1) is 0 Å². The fourth-order valence-corrected chi connectivity index (χ4v) is 4.50. The molecular weight excluding hydrogens is 324 g/mol. The summed E-state index contributed by atoms with van der Waals surface area (Å²) in [7, 11) is 3.53. The van der Waals surface area contributed by atoms with E-state index in [1.54, 1.807) is 30.3 Å². The first-order chi connectivity index (χ1) is 11.6. The average molecular weight is 352 g/mol. The van der Waals surface area contributed by atoms with Gasteiger partial charge in [0.05, 0.1) is 12.7 Å². The first-order valence-electron chi connectivity index (χ1n) is 8.72. The van der Waals surface area contributed by atoms with E-state index >= 15 is 0 Å². The molecule has 24 heavy (non-hydrogen) atoms. The molecule has 2 saturated heterocycles. The lowest BCUT2D eigenvalue weighted by Gasteiger charge is -2.50. The highest BCUT2D eigenvalue weighted by Crippen LogP contribution is 2.40. The van der Waals surface area contributed by atoms with Gasteiger partial charge in [0.15, 0.2) is 0 Å². The van der Waals surface area contributed by atoms with E-state index in [4.69, 9.17) is 9.47 Å². The lowest BCUT2D eigenvalue weighted by molar-refractivity contribution is -0.160. The predicted octanol–water partition coefficient (Wildman–Crippen LogP) is 2.22. The van der Waals surface area contributed by atoms with Gasteiger partial charge in [-0.25, -0.2) is 0 Å². The Balaban J connectivity index is 1.62. The van der Waals surface area contributed by atoms with Gasteiger partial charge >= 0.3 is 0 Å². The maximum Gasteiger partial charge on any atom is 0.248 e. The van der Waals surface area contributed by atoms with Crippen molar-refractivity contribution in [3.8, 4) is 0 Å². The van der Waals surface area contributed by atoms with Crippen LogP contribution in [-0.4, -0.2) is 68.8 Å². The van der Waals surface area contributed by atoms with E-state index in [9.17, 15) is 4.79 Å². The third-order valence-corrected chi connectivity index (χ3v) is 5.90. The first kappa shape index (κ1) is 17.9. The number of carbonyl (C=O) groups excluding carboxylic acids is 1. The van der Waals surface area contributed by atoms with Crippen LogP contribution < -0.4 is 0 Å². The van der Waals surface area contributed by atoms with Crippen LogP contribution in [0.1, 0.15) is 24.8 Å². The summed E-state index contributed by atoms with van der Waals surface area (Å²) in [4.78, 5) is 15.9. The zero-order chi connectivity index (χ0) is 17.0. The Bertz CT molecular complexity index is 534. The van der Waals surface area contributed by atoms with Crippen molar-refractivity contribution >= 4 is 17.2 Å². The summed E-state index contributed by atoms with van der Waals surface area (Å²) in [6.45, 7) is 4.67. The molecule has 2 atom stereocenters. The molecule has 0 aromatic carbocycles. The number of piperidine rings is 1. The molecule has 0 spiro atoms. The number of fused-ring (bicyclic) bond motifs is 1. The Hall–Kier alpha value is -0.950. The summed E-state index contributed by atoms with van der Waals surface area (Å²) >= 11 is 1.75. The Labute approximate surface area is 148 Å². The summed E-state index contributed by atoms with van der Waals surface area (Å²) in [5, 5.41) is 4.36. The van der Waals surface area contributed by atoms with Crippen LogP contribution in [0, 0.1) is 5.41 Å². The van der Waals surface area contributed by atoms with Gasteiger partial charge in [-0.1, -0.05) is 0 Å². The number of carbonyl (C=O) groups is 1. The van der Waals surface area contributed by atoms with Crippen LogP contribution in [0.5, 0.6) is 0 Å². The normalized spacial score (nSPS) is 27.7. The fraction of sp³-hybridized carbons (Fsp3) is 0.722. The van der Waals surface area contributed by atoms with Crippen LogP contribution in [0.25, 0.3) is 0 Å². The minimum Gasteiger partial charge on any atom is -0.377 e. The number of amides is 1. The van der Waals surface area contributed by atoms with Crippen LogP contribution in [0.15, 0.2) is 16.8 Å². The van der Waals surface area contributed by atoms with Gasteiger partial charge in [-0.05, 0) is 41.7 Å². The van der Waals surface area contributed by atoms with Crippen LogP contribution in [0.2, 0.25) is 0 Å². The molecule has 0 saturated carbocycles. The first-order valence-corrected chi connectivity index (χ1v) is 9.66. The number of thiophene rings is 1. The summed E-state index contributed by atoms with van der Waals surface area (Å²) < 4.78 is 11.9. The molecular formula is C18H28N2O3S. The van der Waals surface area contributed by atoms with E-state index in [-0.39, 0.29) is 24.0 Å². The molecule has 0 bridgehead atoms. The van der Waals surface area contributed by atoms with Gasteiger partial charge in [0.2, 0.25) is 5.91 Å². The van der Waals surface area contributed by atoms with Gasteiger partial charge in [0.25, 0.3) is 0 Å². The van der Waals surface area contributed by atoms with Crippen LogP contribution >= 0.6 is 11.3 Å². The number of likely N-dealkylation sites (tertiary alicyclic amines) is 1. The quantitative estimate of drug-likeness (QED) is 0.787. The minimum atomic E-state index is 0.0191. The molecule has 3 heterocycles. The van der Waals surface area contributed by atoms with Gasteiger partial charge in [-0.2, -0.15) is 11.3 Å². The molecule has 134 valence electrons. The van der Waals surface area contributed by atoms with Crippen molar-refractivity contribution < 1.29 is 14.3 Å². The van der Waals surface area contributed by atoms with E-state index in [2.05, 4.69) is 21.7 Å². The van der Waals surface area contributed by atoms with Crippen molar-refractivity contribution in [3.05, 3.63) is 22.4 Å². The van der Waals surface area contributed by atoms with Gasteiger partial charge in [-0.3, -0.25) is 9.69 Å². The maximum absolute atomic E-state index is 11.8. The third-order valence-electron chi connectivity index (χ3n) is 5.17. The molecule has 0 aliphatic carbocycles. The van der Waals surface area contributed by atoms with E-state index < -0.39 is 0 Å². The Kier molecular flexibility index (Phi) is 5.92. The van der Waals surface area contributed by atoms with Gasteiger partial charge in [0, 0.05) is 45.8 Å². The van der Waals surface area contributed by atoms with Crippen LogP contribution in [0.3, 0.4) is 0 Å². The van der Waals surface area contributed by atoms with Crippen molar-refractivity contribution in [2.24, 2.45) is 5.41 Å². The van der Waals surface area contributed by atoms with E-state index in [1.807, 2.05) is 0 Å². The zero-order valence-corrected chi connectivity index (χ0v) is 15.5. The standard InChI is InChI=1S/C18H28N2O3S/c1-19(2)17(21)11-22-14-18-6-3-8-23-16(18)4-7-20(13-18)10-15-5-9-24-12-15/h5,9,12,16H,3-4,6-8,10-11,13-14H2,1-2H3/t16-,18+/m1/s1.